The van der Waals surface area contributed by atoms with Gasteiger partial charge in [0.15, 0.2) is 0 Å². The number of carboxylic acids is 1. The van der Waals surface area contributed by atoms with Gasteiger partial charge in [0.05, 0.1) is 5.56 Å². The fourth-order valence-corrected chi connectivity index (χ4v) is 3.98. The SMILES string of the molecule is C=C/C(=N/O)C1=CCC2=C(C=C1)C(C)(C)CCC2(C)C.Cc1ccc(C(=O)O)cc1F. The predicted octanol–water partition coefficient (Wildman–Crippen LogP) is 6.86. The average Bonchev–Trinajstić information content (AvgIpc) is 2.94. The Bertz CT molecular complexity index is 994. The van der Waals surface area contributed by atoms with Gasteiger partial charge in [-0.2, -0.15) is 0 Å². The summed E-state index contributed by atoms with van der Waals surface area (Å²) in [6.45, 7) is 14.6. The summed E-state index contributed by atoms with van der Waals surface area (Å²) in [5.41, 5.74) is 5.34. The molecule has 0 amide bonds. The monoisotopic (exact) mass is 425 g/mol. The molecule has 2 N–H and O–H groups in total. The second-order valence-electron chi connectivity index (χ2n) is 9.32. The van der Waals surface area contributed by atoms with Gasteiger partial charge in [-0.3, -0.25) is 0 Å². The summed E-state index contributed by atoms with van der Waals surface area (Å²) in [7, 11) is 0. The summed E-state index contributed by atoms with van der Waals surface area (Å²) in [6.07, 6.45) is 11.4. The zero-order valence-electron chi connectivity index (χ0n) is 19.0. The Balaban J connectivity index is 0.000000262. The molecule has 0 heterocycles. The largest absolute Gasteiger partial charge is 0.478 e. The van der Waals surface area contributed by atoms with E-state index in [1.54, 1.807) is 13.0 Å². The Morgan fingerprint density at radius 3 is 2.35 bits per heavy atom. The number of nitrogens with zero attached hydrogens (tertiary/aromatic N) is 1. The van der Waals surface area contributed by atoms with Crippen LogP contribution in [0, 0.1) is 23.6 Å². The first-order valence-corrected chi connectivity index (χ1v) is 10.4. The molecule has 2 aliphatic rings. The van der Waals surface area contributed by atoms with Gasteiger partial charge in [-0.25, -0.2) is 9.18 Å². The molecule has 2 aliphatic carbocycles. The standard InChI is InChI=1S/C18H25NO.C8H7FO2/c1-6-16(19-20)13-7-9-14-15(10-8-13)18(4,5)12-11-17(14,2)3;1-5-2-3-6(8(10)11)4-7(5)9/h6-9,20H,1,10-12H2,2-5H3;2-4H,1H3,(H,10,11)/b19-16-;. The van der Waals surface area contributed by atoms with E-state index >= 15 is 0 Å². The highest BCUT2D eigenvalue weighted by atomic mass is 19.1. The van der Waals surface area contributed by atoms with Gasteiger partial charge in [0.25, 0.3) is 0 Å². The number of allylic oxidation sites excluding steroid dienone is 7. The highest BCUT2D eigenvalue weighted by Gasteiger charge is 2.38. The fourth-order valence-electron chi connectivity index (χ4n) is 3.98. The number of benzene rings is 1. The summed E-state index contributed by atoms with van der Waals surface area (Å²) in [5.74, 6) is -1.59. The van der Waals surface area contributed by atoms with E-state index in [1.807, 2.05) is 0 Å². The van der Waals surface area contributed by atoms with Crippen LogP contribution in [0.3, 0.4) is 0 Å². The molecule has 1 aromatic rings. The Hall–Kier alpha value is -2.95. The van der Waals surface area contributed by atoms with Crippen molar-refractivity contribution in [3.8, 4) is 0 Å². The van der Waals surface area contributed by atoms with Crippen LogP contribution < -0.4 is 0 Å². The molecular weight excluding hydrogens is 393 g/mol. The van der Waals surface area contributed by atoms with Crippen molar-refractivity contribution in [2.24, 2.45) is 16.0 Å². The summed E-state index contributed by atoms with van der Waals surface area (Å²) >= 11 is 0. The summed E-state index contributed by atoms with van der Waals surface area (Å²) in [6, 6.07) is 3.83. The van der Waals surface area contributed by atoms with E-state index in [-0.39, 0.29) is 16.4 Å². The molecule has 0 atom stereocenters. The minimum absolute atomic E-state index is 0.0203. The number of halogens is 1. The third-order valence-electron chi connectivity index (χ3n) is 6.22. The van der Waals surface area contributed by atoms with Crippen LogP contribution in [0.25, 0.3) is 0 Å². The number of hydrogen-bond donors (Lipinski definition) is 2. The summed E-state index contributed by atoms with van der Waals surface area (Å²) in [5, 5.41) is 20.8. The van der Waals surface area contributed by atoms with Gasteiger partial charge < -0.3 is 10.3 Å². The van der Waals surface area contributed by atoms with Crippen LogP contribution in [-0.2, 0) is 0 Å². The van der Waals surface area contributed by atoms with Gasteiger partial charge in [0, 0.05) is 0 Å². The molecule has 0 spiro atoms. The number of oxime groups is 1. The van der Waals surface area contributed by atoms with Crippen LogP contribution in [-0.4, -0.2) is 22.0 Å². The minimum atomic E-state index is -1.11. The first-order chi connectivity index (χ1) is 14.4. The van der Waals surface area contributed by atoms with E-state index in [9.17, 15) is 9.18 Å². The van der Waals surface area contributed by atoms with E-state index in [1.165, 1.54) is 36.1 Å². The molecule has 4 nitrogen and oxygen atoms in total. The van der Waals surface area contributed by atoms with E-state index in [4.69, 9.17) is 10.3 Å². The van der Waals surface area contributed by atoms with Gasteiger partial charge in [-0.05, 0) is 71.9 Å². The van der Waals surface area contributed by atoms with Crippen LogP contribution in [0.5, 0.6) is 0 Å². The van der Waals surface area contributed by atoms with E-state index < -0.39 is 11.8 Å². The molecule has 0 radical (unpaired) electrons. The predicted molar refractivity (Wildman–Crippen MR) is 123 cm³/mol. The van der Waals surface area contributed by atoms with Gasteiger partial charge >= 0.3 is 5.97 Å². The van der Waals surface area contributed by atoms with Crippen LogP contribution >= 0.6 is 0 Å². The highest BCUT2D eigenvalue weighted by Crippen LogP contribution is 2.51. The Kier molecular flexibility index (Phi) is 7.42. The van der Waals surface area contributed by atoms with Crippen molar-refractivity contribution in [1.29, 1.82) is 0 Å². The summed E-state index contributed by atoms with van der Waals surface area (Å²) in [4.78, 5) is 10.3. The lowest BCUT2D eigenvalue weighted by atomic mass is 9.62. The number of carbonyl (C=O) groups is 1. The topological polar surface area (TPSA) is 69.9 Å². The lowest BCUT2D eigenvalue weighted by molar-refractivity contribution is 0.0696. The molecule has 0 unspecified atom stereocenters. The molecule has 0 aliphatic heterocycles. The van der Waals surface area contributed by atoms with Crippen LogP contribution in [0.2, 0.25) is 0 Å². The van der Waals surface area contributed by atoms with Gasteiger partial charge in [0.2, 0.25) is 0 Å². The van der Waals surface area contributed by atoms with Crippen molar-refractivity contribution in [2.45, 2.75) is 53.9 Å². The number of aromatic carboxylic acids is 1. The van der Waals surface area contributed by atoms with Crippen molar-refractivity contribution < 1.29 is 19.5 Å². The molecule has 0 aromatic heterocycles. The zero-order valence-corrected chi connectivity index (χ0v) is 19.0. The van der Waals surface area contributed by atoms with Crippen molar-refractivity contribution in [3.63, 3.8) is 0 Å². The quantitative estimate of drug-likeness (QED) is 0.316. The highest BCUT2D eigenvalue weighted by molar-refractivity contribution is 6.09. The second kappa shape index (κ2) is 9.46. The third-order valence-corrected chi connectivity index (χ3v) is 6.22. The maximum Gasteiger partial charge on any atom is 0.335 e. The molecular formula is C26H32FNO3. The Labute approximate surface area is 184 Å². The molecule has 31 heavy (non-hydrogen) atoms. The van der Waals surface area contributed by atoms with E-state index in [2.05, 4.69) is 57.7 Å². The number of hydrogen-bond acceptors (Lipinski definition) is 3. The van der Waals surface area contributed by atoms with E-state index in [0.29, 0.717) is 11.3 Å². The smallest absolute Gasteiger partial charge is 0.335 e. The van der Waals surface area contributed by atoms with E-state index in [0.717, 1.165) is 18.1 Å². The second-order valence-corrected chi connectivity index (χ2v) is 9.32. The minimum Gasteiger partial charge on any atom is -0.478 e. The molecule has 166 valence electrons. The fraction of sp³-hybridized carbons (Fsp3) is 0.385. The third kappa shape index (κ3) is 5.60. The Morgan fingerprint density at radius 1 is 1.16 bits per heavy atom. The number of rotatable bonds is 3. The molecule has 0 fully saturated rings. The average molecular weight is 426 g/mol. The normalized spacial score (nSPS) is 19.4. The zero-order chi connectivity index (χ0) is 23.4. The molecule has 1 aromatic carbocycles. The Morgan fingerprint density at radius 2 is 1.81 bits per heavy atom. The molecule has 0 bridgehead atoms. The molecule has 5 heteroatoms. The molecule has 0 saturated heterocycles. The molecule has 0 saturated carbocycles. The van der Waals surface area contributed by atoms with Gasteiger partial charge in [0.1, 0.15) is 11.5 Å². The van der Waals surface area contributed by atoms with Gasteiger partial charge in [-0.1, -0.05) is 69.3 Å². The van der Waals surface area contributed by atoms with Crippen LogP contribution in [0.1, 0.15) is 62.9 Å². The lowest BCUT2D eigenvalue weighted by Crippen LogP contribution is -2.30. The molecule has 3 rings (SSSR count). The van der Waals surface area contributed by atoms with Gasteiger partial charge in [-0.15, -0.1) is 0 Å². The summed E-state index contributed by atoms with van der Waals surface area (Å²) < 4.78 is 12.7. The maximum absolute atomic E-state index is 12.7. The lowest BCUT2D eigenvalue weighted by Gasteiger charge is -2.42. The van der Waals surface area contributed by atoms with Crippen LogP contribution in [0.15, 0.2) is 71.0 Å². The van der Waals surface area contributed by atoms with Crippen LogP contribution in [0.4, 0.5) is 4.39 Å². The van der Waals surface area contributed by atoms with Crippen molar-refractivity contribution in [3.05, 3.63) is 82.7 Å². The van der Waals surface area contributed by atoms with Crippen molar-refractivity contribution in [1.82, 2.24) is 0 Å². The van der Waals surface area contributed by atoms with Crippen molar-refractivity contribution >= 4 is 11.7 Å². The first-order valence-electron chi connectivity index (χ1n) is 10.4. The van der Waals surface area contributed by atoms with Crippen molar-refractivity contribution in [2.75, 3.05) is 0 Å². The maximum atomic E-state index is 12.7. The number of aryl methyl sites for hydroxylation is 1. The first kappa shape index (κ1) is 24.3. The number of carboxylic acid groups (broad SMARTS) is 1.